The first kappa shape index (κ1) is 14.9. The minimum Gasteiger partial charge on any atom is -0.493 e. The van der Waals surface area contributed by atoms with Gasteiger partial charge in [-0.25, -0.2) is 9.97 Å². The van der Waals surface area contributed by atoms with Crippen LogP contribution in [0.2, 0.25) is 0 Å². The van der Waals surface area contributed by atoms with Crippen molar-refractivity contribution in [2.75, 3.05) is 20.0 Å². The van der Waals surface area contributed by atoms with Gasteiger partial charge < -0.3 is 15.2 Å². The molecule has 0 spiro atoms. The number of nitrogen functional groups attached to an aromatic ring is 1. The van der Waals surface area contributed by atoms with E-state index in [4.69, 9.17) is 15.2 Å². The highest BCUT2D eigenvalue weighted by atomic mass is 19.4. The second kappa shape index (κ2) is 5.47. The summed E-state index contributed by atoms with van der Waals surface area (Å²) in [6.45, 7) is 0. The van der Waals surface area contributed by atoms with E-state index in [1.54, 1.807) is 12.1 Å². The van der Waals surface area contributed by atoms with Crippen molar-refractivity contribution in [3.8, 4) is 22.8 Å². The lowest BCUT2D eigenvalue weighted by Gasteiger charge is -2.11. The highest BCUT2D eigenvalue weighted by molar-refractivity contribution is 5.65. The summed E-state index contributed by atoms with van der Waals surface area (Å²) in [4.78, 5) is 7.01. The van der Waals surface area contributed by atoms with Gasteiger partial charge in [0.15, 0.2) is 17.2 Å². The number of anilines is 1. The third kappa shape index (κ3) is 3.15. The molecule has 2 aromatic rings. The van der Waals surface area contributed by atoms with E-state index in [1.165, 1.54) is 20.3 Å². The Kier molecular flexibility index (Phi) is 3.88. The zero-order valence-corrected chi connectivity index (χ0v) is 11.2. The van der Waals surface area contributed by atoms with Crippen molar-refractivity contribution in [3.05, 3.63) is 30.0 Å². The quantitative estimate of drug-likeness (QED) is 0.943. The third-order valence-electron chi connectivity index (χ3n) is 2.71. The first-order valence-corrected chi connectivity index (χ1v) is 5.79. The standard InChI is InChI=1S/C13H12F3N3O2/c1-20-9-4-3-7(5-10(9)21-2)8-6-11(13(14,15)16)19-12(17)18-8/h3-6H,1-2H3,(H2,17,18,19). The van der Waals surface area contributed by atoms with E-state index >= 15 is 0 Å². The summed E-state index contributed by atoms with van der Waals surface area (Å²) >= 11 is 0. The first-order chi connectivity index (χ1) is 9.85. The highest BCUT2D eigenvalue weighted by Gasteiger charge is 2.33. The SMILES string of the molecule is COc1ccc(-c2cc(C(F)(F)F)nc(N)n2)cc1OC. The van der Waals surface area contributed by atoms with Gasteiger partial charge in [0, 0.05) is 5.56 Å². The van der Waals surface area contributed by atoms with Crippen LogP contribution in [0.1, 0.15) is 5.69 Å². The second-order valence-corrected chi connectivity index (χ2v) is 4.06. The van der Waals surface area contributed by atoms with Crippen LogP contribution in [0.15, 0.2) is 24.3 Å². The normalized spacial score (nSPS) is 11.3. The molecule has 112 valence electrons. The number of aromatic nitrogens is 2. The van der Waals surface area contributed by atoms with Gasteiger partial charge in [-0.3, -0.25) is 0 Å². The number of methoxy groups -OCH3 is 2. The topological polar surface area (TPSA) is 70.3 Å². The summed E-state index contributed by atoms with van der Waals surface area (Å²) < 4.78 is 48.4. The maximum atomic E-state index is 12.7. The molecule has 0 atom stereocenters. The smallest absolute Gasteiger partial charge is 0.433 e. The van der Waals surface area contributed by atoms with Gasteiger partial charge >= 0.3 is 6.18 Å². The third-order valence-corrected chi connectivity index (χ3v) is 2.71. The van der Waals surface area contributed by atoms with Gasteiger partial charge in [-0.1, -0.05) is 0 Å². The van der Waals surface area contributed by atoms with Crippen molar-refractivity contribution >= 4 is 5.95 Å². The van der Waals surface area contributed by atoms with Gasteiger partial charge in [-0.05, 0) is 24.3 Å². The predicted octanol–water partition coefficient (Wildman–Crippen LogP) is 2.76. The van der Waals surface area contributed by atoms with Crippen molar-refractivity contribution in [2.45, 2.75) is 6.18 Å². The molecule has 0 radical (unpaired) electrons. The lowest BCUT2D eigenvalue weighted by Crippen LogP contribution is -2.11. The van der Waals surface area contributed by atoms with Crippen LogP contribution in [0, 0.1) is 0 Å². The summed E-state index contributed by atoms with van der Waals surface area (Å²) in [5.41, 5.74) is 4.71. The van der Waals surface area contributed by atoms with Gasteiger partial charge in [-0.15, -0.1) is 0 Å². The number of benzene rings is 1. The Bertz CT molecular complexity index is 660. The zero-order valence-electron chi connectivity index (χ0n) is 11.2. The van der Waals surface area contributed by atoms with Crippen LogP contribution >= 0.6 is 0 Å². The number of rotatable bonds is 3. The molecule has 0 aliphatic carbocycles. The Labute approximate surface area is 118 Å². The molecule has 8 heteroatoms. The molecule has 0 aliphatic heterocycles. The summed E-state index contributed by atoms with van der Waals surface area (Å²) in [6.07, 6.45) is -4.59. The van der Waals surface area contributed by atoms with Gasteiger partial charge in [0.25, 0.3) is 0 Å². The number of nitrogens with two attached hydrogens (primary N) is 1. The fourth-order valence-corrected chi connectivity index (χ4v) is 1.75. The number of ether oxygens (including phenoxy) is 2. The van der Waals surface area contributed by atoms with Crippen LogP contribution in [0.5, 0.6) is 11.5 Å². The lowest BCUT2D eigenvalue weighted by atomic mass is 10.1. The Morgan fingerprint density at radius 2 is 1.67 bits per heavy atom. The first-order valence-electron chi connectivity index (χ1n) is 5.79. The molecule has 0 fully saturated rings. The lowest BCUT2D eigenvalue weighted by molar-refractivity contribution is -0.141. The van der Waals surface area contributed by atoms with E-state index in [2.05, 4.69) is 9.97 Å². The number of halogens is 3. The van der Waals surface area contributed by atoms with Crippen LogP contribution in [0.25, 0.3) is 11.3 Å². The molecule has 1 aromatic carbocycles. The molecular weight excluding hydrogens is 287 g/mol. The van der Waals surface area contributed by atoms with Crippen molar-refractivity contribution in [3.63, 3.8) is 0 Å². The van der Waals surface area contributed by atoms with E-state index in [9.17, 15) is 13.2 Å². The maximum Gasteiger partial charge on any atom is 0.433 e. The summed E-state index contributed by atoms with van der Waals surface area (Å²) in [5.74, 6) is 0.384. The minimum atomic E-state index is -4.59. The zero-order chi connectivity index (χ0) is 15.6. The van der Waals surface area contributed by atoms with E-state index in [0.29, 0.717) is 17.1 Å². The molecule has 0 saturated heterocycles. The van der Waals surface area contributed by atoms with Crippen LogP contribution in [-0.2, 0) is 6.18 Å². The Morgan fingerprint density at radius 3 is 2.24 bits per heavy atom. The van der Waals surface area contributed by atoms with Crippen LogP contribution in [-0.4, -0.2) is 24.2 Å². The second-order valence-electron chi connectivity index (χ2n) is 4.06. The van der Waals surface area contributed by atoms with Crippen LogP contribution in [0.4, 0.5) is 19.1 Å². The molecule has 0 bridgehead atoms. The minimum absolute atomic E-state index is 0.0516. The number of hydrogen-bond acceptors (Lipinski definition) is 5. The van der Waals surface area contributed by atoms with E-state index in [0.717, 1.165) is 6.07 Å². The maximum absolute atomic E-state index is 12.7. The molecule has 2 rings (SSSR count). The Balaban J connectivity index is 2.54. The fraction of sp³-hybridized carbons (Fsp3) is 0.231. The van der Waals surface area contributed by atoms with Gasteiger partial charge in [0.2, 0.25) is 5.95 Å². The van der Waals surface area contributed by atoms with E-state index in [1.807, 2.05) is 0 Å². The number of nitrogens with zero attached hydrogens (tertiary/aromatic N) is 2. The Hall–Kier alpha value is -2.51. The summed E-state index contributed by atoms with van der Waals surface area (Å²) in [5, 5.41) is 0. The van der Waals surface area contributed by atoms with E-state index in [-0.39, 0.29) is 5.69 Å². The monoisotopic (exact) mass is 299 g/mol. The molecular formula is C13H12F3N3O2. The molecule has 0 aliphatic rings. The van der Waals surface area contributed by atoms with Crippen molar-refractivity contribution in [2.24, 2.45) is 0 Å². The molecule has 1 aromatic heterocycles. The van der Waals surface area contributed by atoms with Gasteiger partial charge in [0.05, 0.1) is 19.9 Å². The van der Waals surface area contributed by atoms with Gasteiger partial charge in [-0.2, -0.15) is 13.2 Å². The summed E-state index contributed by atoms with van der Waals surface area (Å²) in [6, 6.07) is 5.47. The Morgan fingerprint density at radius 1 is 1.00 bits per heavy atom. The molecule has 0 unspecified atom stereocenters. The van der Waals surface area contributed by atoms with Crippen LogP contribution in [0.3, 0.4) is 0 Å². The van der Waals surface area contributed by atoms with Crippen molar-refractivity contribution < 1.29 is 22.6 Å². The molecule has 2 N–H and O–H groups in total. The predicted molar refractivity (Wildman–Crippen MR) is 70.0 cm³/mol. The molecule has 0 amide bonds. The molecule has 21 heavy (non-hydrogen) atoms. The average Bonchev–Trinajstić information content (AvgIpc) is 2.45. The van der Waals surface area contributed by atoms with Crippen LogP contribution < -0.4 is 15.2 Å². The summed E-state index contributed by atoms with van der Waals surface area (Å²) in [7, 11) is 2.89. The fourth-order valence-electron chi connectivity index (χ4n) is 1.75. The van der Waals surface area contributed by atoms with Gasteiger partial charge in [0.1, 0.15) is 0 Å². The highest BCUT2D eigenvalue weighted by Crippen LogP contribution is 2.34. The van der Waals surface area contributed by atoms with Crippen molar-refractivity contribution in [1.29, 1.82) is 0 Å². The van der Waals surface area contributed by atoms with Crippen molar-refractivity contribution in [1.82, 2.24) is 9.97 Å². The molecule has 0 saturated carbocycles. The average molecular weight is 299 g/mol. The molecule has 5 nitrogen and oxygen atoms in total. The van der Waals surface area contributed by atoms with E-state index < -0.39 is 17.8 Å². The largest absolute Gasteiger partial charge is 0.493 e. The number of alkyl halides is 3. The molecule has 1 heterocycles. The number of hydrogen-bond donors (Lipinski definition) is 1.